The van der Waals surface area contributed by atoms with E-state index in [1.54, 1.807) is 13.8 Å². The van der Waals surface area contributed by atoms with Crippen molar-refractivity contribution < 1.29 is 29.6 Å². The van der Waals surface area contributed by atoms with Gasteiger partial charge in [0.25, 0.3) is 0 Å². The van der Waals surface area contributed by atoms with Crippen molar-refractivity contribution >= 4 is 11.9 Å². The van der Waals surface area contributed by atoms with Crippen molar-refractivity contribution in [2.75, 3.05) is 0 Å². The van der Waals surface area contributed by atoms with Gasteiger partial charge in [-0.3, -0.25) is 0 Å². The van der Waals surface area contributed by atoms with E-state index in [1.165, 1.54) is 0 Å². The van der Waals surface area contributed by atoms with Crippen LogP contribution >= 0.6 is 0 Å². The Morgan fingerprint density at radius 1 is 0.938 bits per heavy atom. The average Bonchev–Trinajstić information content (AvgIpc) is 2.26. The molecular formula is C10H18O6. The number of aliphatic hydroxyl groups is 2. The summed E-state index contributed by atoms with van der Waals surface area (Å²) in [5.41, 5.74) is 0. The first-order valence-electron chi connectivity index (χ1n) is 5.25. The minimum Gasteiger partial charge on any atom is -0.393 e. The Labute approximate surface area is 94.1 Å². The number of aliphatic hydroxyl groups excluding tert-OH is 2. The van der Waals surface area contributed by atoms with E-state index >= 15 is 0 Å². The van der Waals surface area contributed by atoms with E-state index in [4.69, 9.17) is 10.2 Å². The van der Waals surface area contributed by atoms with E-state index in [9.17, 15) is 9.59 Å². The van der Waals surface area contributed by atoms with Gasteiger partial charge >= 0.3 is 11.9 Å². The SMILES string of the molecule is CCC(O)CC(=O)OOC(=O)CC(O)CC. The molecule has 94 valence electrons. The highest BCUT2D eigenvalue weighted by Crippen LogP contribution is 2.02. The molecule has 2 unspecified atom stereocenters. The van der Waals surface area contributed by atoms with Crippen molar-refractivity contribution in [2.45, 2.75) is 51.7 Å². The van der Waals surface area contributed by atoms with Gasteiger partial charge in [-0.05, 0) is 12.8 Å². The molecule has 0 amide bonds. The van der Waals surface area contributed by atoms with E-state index in [1.807, 2.05) is 0 Å². The lowest BCUT2D eigenvalue weighted by Gasteiger charge is -2.08. The van der Waals surface area contributed by atoms with Crippen LogP contribution in [0, 0.1) is 0 Å². The first-order chi connectivity index (χ1) is 7.49. The largest absolute Gasteiger partial charge is 0.393 e. The first kappa shape index (κ1) is 14.9. The fraction of sp³-hybridized carbons (Fsp3) is 0.800. The zero-order valence-electron chi connectivity index (χ0n) is 9.51. The van der Waals surface area contributed by atoms with E-state index in [2.05, 4.69) is 9.78 Å². The zero-order valence-corrected chi connectivity index (χ0v) is 9.51. The predicted octanol–water partition coefficient (Wildman–Crippen LogP) is 0.310. The third-order valence-electron chi connectivity index (χ3n) is 1.97. The summed E-state index contributed by atoms with van der Waals surface area (Å²) in [6, 6.07) is 0. The zero-order chi connectivity index (χ0) is 12.6. The number of carbonyl (C=O) groups is 2. The lowest BCUT2D eigenvalue weighted by atomic mass is 10.2. The molecule has 0 aromatic rings. The van der Waals surface area contributed by atoms with Crippen molar-refractivity contribution in [3.63, 3.8) is 0 Å². The van der Waals surface area contributed by atoms with Gasteiger partial charge in [0.2, 0.25) is 0 Å². The van der Waals surface area contributed by atoms with Crippen LogP contribution in [-0.4, -0.2) is 34.4 Å². The van der Waals surface area contributed by atoms with Gasteiger partial charge in [0, 0.05) is 0 Å². The van der Waals surface area contributed by atoms with Gasteiger partial charge in [-0.2, -0.15) is 0 Å². The van der Waals surface area contributed by atoms with Gasteiger partial charge < -0.3 is 10.2 Å². The van der Waals surface area contributed by atoms with Crippen LogP contribution < -0.4 is 0 Å². The Morgan fingerprint density at radius 2 is 1.25 bits per heavy atom. The van der Waals surface area contributed by atoms with Crippen LogP contribution in [0.4, 0.5) is 0 Å². The van der Waals surface area contributed by atoms with Crippen LogP contribution in [0.3, 0.4) is 0 Å². The smallest absolute Gasteiger partial charge is 0.358 e. The van der Waals surface area contributed by atoms with E-state index in [0.29, 0.717) is 12.8 Å². The van der Waals surface area contributed by atoms with Gasteiger partial charge in [-0.1, -0.05) is 13.8 Å². The van der Waals surface area contributed by atoms with Gasteiger partial charge in [-0.15, -0.1) is 0 Å². The van der Waals surface area contributed by atoms with Gasteiger partial charge in [-0.25, -0.2) is 19.4 Å². The quantitative estimate of drug-likeness (QED) is 0.507. The highest BCUT2D eigenvalue weighted by atomic mass is 17.2. The monoisotopic (exact) mass is 234 g/mol. The summed E-state index contributed by atoms with van der Waals surface area (Å²) in [6.07, 6.45) is -1.21. The maximum Gasteiger partial charge on any atom is 0.358 e. The second-order valence-corrected chi connectivity index (χ2v) is 3.44. The van der Waals surface area contributed by atoms with Crippen LogP contribution in [0.2, 0.25) is 0 Å². The summed E-state index contributed by atoms with van der Waals surface area (Å²) in [5, 5.41) is 18.2. The third kappa shape index (κ3) is 7.19. The van der Waals surface area contributed by atoms with Gasteiger partial charge in [0.05, 0.1) is 25.0 Å². The summed E-state index contributed by atoms with van der Waals surface area (Å²) in [7, 11) is 0. The molecule has 6 nitrogen and oxygen atoms in total. The maximum atomic E-state index is 11.0. The van der Waals surface area contributed by atoms with Crippen molar-refractivity contribution in [3.05, 3.63) is 0 Å². The molecule has 0 aliphatic carbocycles. The fourth-order valence-corrected chi connectivity index (χ4v) is 0.834. The van der Waals surface area contributed by atoms with Crippen LogP contribution in [0.5, 0.6) is 0 Å². The molecule has 2 atom stereocenters. The van der Waals surface area contributed by atoms with E-state index < -0.39 is 24.1 Å². The lowest BCUT2D eigenvalue weighted by Crippen LogP contribution is -2.19. The van der Waals surface area contributed by atoms with Gasteiger partial charge in [0.1, 0.15) is 0 Å². The first-order valence-corrected chi connectivity index (χ1v) is 5.25. The predicted molar refractivity (Wildman–Crippen MR) is 54.0 cm³/mol. The maximum absolute atomic E-state index is 11.0. The Bertz CT molecular complexity index is 203. The molecule has 6 heteroatoms. The molecule has 0 aromatic carbocycles. The molecule has 0 fully saturated rings. The number of hydrogen-bond donors (Lipinski definition) is 2. The summed E-state index contributed by atoms with van der Waals surface area (Å²) in [6.45, 7) is 3.42. The topological polar surface area (TPSA) is 93.1 Å². The van der Waals surface area contributed by atoms with Crippen molar-refractivity contribution in [1.82, 2.24) is 0 Å². The van der Waals surface area contributed by atoms with Crippen molar-refractivity contribution in [2.24, 2.45) is 0 Å². The van der Waals surface area contributed by atoms with Gasteiger partial charge in [0.15, 0.2) is 0 Å². The minimum absolute atomic E-state index is 0.222. The Morgan fingerprint density at radius 3 is 1.50 bits per heavy atom. The lowest BCUT2D eigenvalue weighted by molar-refractivity contribution is -0.261. The molecule has 0 radical (unpaired) electrons. The summed E-state index contributed by atoms with van der Waals surface area (Å²) in [4.78, 5) is 30.2. The Hall–Kier alpha value is -1.14. The summed E-state index contributed by atoms with van der Waals surface area (Å²) >= 11 is 0. The Kier molecular flexibility index (Phi) is 7.49. The van der Waals surface area contributed by atoms with Crippen LogP contribution in [-0.2, 0) is 19.4 Å². The molecule has 0 spiro atoms. The molecule has 0 saturated heterocycles. The fourth-order valence-electron chi connectivity index (χ4n) is 0.834. The molecule has 0 rings (SSSR count). The van der Waals surface area contributed by atoms with E-state index in [0.717, 1.165) is 0 Å². The van der Waals surface area contributed by atoms with Crippen LogP contribution in [0.1, 0.15) is 39.5 Å². The minimum atomic E-state index is -0.811. The molecule has 2 N–H and O–H groups in total. The molecule has 0 aromatic heterocycles. The summed E-state index contributed by atoms with van der Waals surface area (Å²) < 4.78 is 0. The number of carbonyl (C=O) groups excluding carboxylic acids is 2. The molecule has 0 bridgehead atoms. The molecule has 0 saturated carbocycles. The molecule has 16 heavy (non-hydrogen) atoms. The summed E-state index contributed by atoms with van der Waals surface area (Å²) in [5.74, 6) is -1.62. The standard InChI is InChI=1S/C10H18O6/c1-3-7(11)5-9(13)15-16-10(14)6-8(12)4-2/h7-8,11-12H,3-6H2,1-2H3. The normalized spacial score (nSPS) is 14.0. The molecule has 0 aliphatic heterocycles. The van der Waals surface area contributed by atoms with E-state index in [-0.39, 0.29) is 12.8 Å². The highest BCUT2D eigenvalue weighted by Gasteiger charge is 2.15. The third-order valence-corrected chi connectivity index (χ3v) is 1.97. The molecular weight excluding hydrogens is 216 g/mol. The highest BCUT2D eigenvalue weighted by molar-refractivity contribution is 5.73. The Balaban J connectivity index is 3.71. The number of rotatable bonds is 6. The average molecular weight is 234 g/mol. The second-order valence-electron chi connectivity index (χ2n) is 3.44. The molecule has 0 heterocycles. The molecule has 0 aliphatic rings. The second kappa shape index (κ2) is 8.06. The van der Waals surface area contributed by atoms with Crippen LogP contribution in [0.25, 0.3) is 0 Å². The van der Waals surface area contributed by atoms with Crippen molar-refractivity contribution in [1.29, 1.82) is 0 Å². The number of hydrogen-bond acceptors (Lipinski definition) is 6. The van der Waals surface area contributed by atoms with Crippen LogP contribution in [0.15, 0.2) is 0 Å². The van der Waals surface area contributed by atoms with Crippen molar-refractivity contribution in [3.8, 4) is 0 Å².